The minimum absolute atomic E-state index is 0.155. The number of amides is 1. The lowest BCUT2D eigenvalue weighted by Gasteiger charge is -2.08. The van der Waals surface area contributed by atoms with Gasteiger partial charge in [-0.25, -0.2) is 4.98 Å². The molecule has 3 heterocycles. The topological polar surface area (TPSA) is 85.6 Å². The van der Waals surface area contributed by atoms with Gasteiger partial charge in [-0.3, -0.25) is 14.3 Å². The predicted octanol–water partition coefficient (Wildman–Crippen LogP) is 3.31. The van der Waals surface area contributed by atoms with Crippen molar-refractivity contribution >= 4 is 35.0 Å². The van der Waals surface area contributed by atoms with Gasteiger partial charge in [-0.05, 0) is 24.3 Å². The molecule has 0 saturated carbocycles. The normalized spacial score (nSPS) is 10.5. The number of nitrogens with zero attached hydrogens (tertiary/aromatic N) is 5. The summed E-state index contributed by atoms with van der Waals surface area (Å²) in [6, 6.07) is 8.97. The van der Waals surface area contributed by atoms with Gasteiger partial charge in [-0.2, -0.15) is 0 Å². The summed E-state index contributed by atoms with van der Waals surface area (Å²) < 4.78 is 1.87. The number of allylic oxidation sites excluding steroid dienone is 1. The number of carbonyl (C=O) groups excluding carboxylic acids is 1. The van der Waals surface area contributed by atoms with E-state index in [0.29, 0.717) is 28.9 Å². The van der Waals surface area contributed by atoms with Crippen LogP contribution in [0, 0.1) is 0 Å². The van der Waals surface area contributed by atoms with Gasteiger partial charge in [-0.15, -0.1) is 16.8 Å². The van der Waals surface area contributed by atoms with E-state index in [9.17, 15) is 4.79 Å². The van der Waals surface area contributed by atoms with E-state index in [1.165, 1.54) is 11.8 Å². The maximum atomic E-state index is 12.2. The molecule has 0 aliphatic carbocycles. The number of halogens is 1. The number of aromatic nitrogens is 5. The first-order chi connectivity index (χ1) is 12.7. The number of carbonyl (C=O) groups is 1. The van der Waals surface area contributed by atoms with E-state index in [-0.39, 0.29) is 16.8 Å². The highest BCUT2D eigenvalue weighted by Gasteiger charge is 2.16. The number of hydrogen-bond donors (Lipinski definition) is 1. The molecule has 3 aromatic heterocycles. The van der Waals surface area contributed by atoms with Gasteiger partial charge in [0.05, 0.1) is 11.4 Å². The molecule has 3 rings (SSSR count). The van der Waals surface area contributed by atoms with Gasteiger partial charge in [0.1, 0.15) is 5.69 Å². The average Bonchev–Trinajstić information content (AvgIpc) is 3.06. The van der Waals surface area contributed by atoms with E-state index < -0.39 is 0 Å². The van der Waals surface area contributed by atoms with Crippen LogP contribution in [-0.2, 0) is 11.3 Å². The summed E-state index contributed by atoms with van der Waals surface area (Å²) in [5.74, 6) is 0.573. The molecule has 0 aliphatic rings. The molecule has 7 nitrogen and oxygen atoms in total. The third kappa shape index (κ3) is 4.27. The predicted molar refractivity (Wildman–Crippen MR) is 102 cm³/mol. The van der Waals surface area contributed by atoms with Crippen molar-refractivity contribution in [1.82, 2.24) is 24.7 Å². The summed E-state index contributed by atoms with van der Waals surface area (Å²) in [6.45, 7) is 4.28. The molecule has 1 amide bonds. The third-order valence-electron chi connectivity index (χ3n) is 3.29. The smallest absolute Gasteiger partial charge is 0.234 e. The Kier molecular flexibility index (Phi) is 5.98. The number of anilines is 1. The van der Waals surface area contributed by atoms with Crippen LogP contribution in [0.4, 0.5) is 5.69 Å². The Hall–Kier alpha value is -2.71. The van der Waals surface area contributed by atoms with E-state index in [1.807, 2.05) is 22.8 Å². The number of hydrogen-bond acceptors (Lipinski definition) is 6. The van der Waals surface area contributed by atoms with Crippen molar-refractivity contribution in [2.45, 2.75) is 11.7 Å². The van der Waals surface area contributed by atoms with Gasteiger partial charge in [0.25, 0.3) is 0 Å². The molecule has 0 radical (unpaired) electrons. The van der Waals surface area contributed by atoms with Gasteiger partial charge < -0.3 is 5.32 Å². The van der Waals surface area contributed by atoms with Gasteiger partial charge in [0.15, 0.2) is 16.1 Å². The molecule has 1 N–H and O–H groups in total. The Morgan fingerprint density at radius 1 is 1.23 bits per heavy atom. The van der Waals surface area contributed by atoms with Crippen LogP contribution in [-0.4, -0.2) is 36.4 Å². The highest BCUT2D eigenvalue weighted by molar-refractivity contribution is 7.99. The second kappa shape index (κ2) is 8.59. The van der Waals surface area contributed by atoms with Crippen LogP contribution in [0.3, 0.4) is 0 Å². The van der Waals surface area contributed by atoms with Crippen LogP contribution in [0.5, 0.6) is 0 Å². The fourth-order valence-corrected chi connectivity index (χ4v) is 3.08. The molecule has 0 saturated heterocycles. The standard InChI is InChI=1S/C17H15ClN6OS/c1-2-10-24-16(13-6-3-4-8-19-13)22-23-17(24)26-11-14(25)21-12-7-5-9-20-15(12)18/h2-9H,1,10-11H2,(H,21,25). The van der Waals surface area contributed by atoms with Crippen LogP contribution in [0.25, 0.3) is 11.5 Å². The molecule has 0 bridgehead atoms. The minimum atomic E-state index is -0.211. The molecule has 0 aromatic carbocycles. The zero-order valence-corrected chi connectivity index (χ0v) is 15.2. The molecule has 0 atom stereocenters. The summed E-state index contributed by atoms with van der Waals surface area (Å²) in [7, 11) is 0. The van der Waals surface area contributed by atoms with Crippen LogP contribution in [0.2, 0.25) is 5.15 Å². The lowest BCUT2D eigenvalue weighted by atomic mass is 10.3. The second-order valence-electron chi connectivity index (χ2n) is 5.10. The maximum Gasteiger partial charge on any atom is 0.234 e. The molecule has 3 aromatic rings. The van der Waals surface area contributed by atoms with Crippen molar-refractivity contribution in [3.05, 3.63) is 60.5 Å². The number of rotatable bonds is 7. The number of pyridine rings is 2. The quantitative estimate of drug-likeness (QED) is 0.381. The molecular formula is C17H15ClN6OS. The summed E-state index contributed by atoms with van der Waals surface area (Å²) in [6.07, 6.45) is 5.00. The van der Waals surface area contributed by atoms with Crippen LogP contribution in [0.15, 0.2) is 60.5 Å². The largest absolute Gasteiger partial charge is 0.323 e. The fourth-order valence-electron chi connectivity index (χ4n) is 2.17. The first-order valence-corrected chi connectivity index (χ1v) is 9.04. The van der Waals surface area contributed by atoms with Crippen LogP contribution < -0.4 is 5.32 Å². The highest BCUT2D eigenvalue weighted by atomic mass is 35.5. The zero-order chi connectivity index (χ0) is 18.4. The second-order valence-corrected chi connectivity index (χ2v) is 6.40. The lowest BCUT2D eigenvalue weighted by molar-refractivity contribution is -0.113. The van der Waals surface area contributed by atoms with Crippen molar-refractivity contribution < 1.29 is 4.79 Å². The highest BCUT2D eigenvalue weighted by Crippen LogP contribution is 2.23. The van der Waals surface area contributed by atoms with Gasteiger partial charge >= 0.3 is 0 Å². The monoisotopic (exact) mass is 386 g/mol. The molecule has 9 heteroatoms. The minimum Gasteiger partial charge on any atom is -0.323 e. The summed E-state index contributed by atoms with van der Waals surface area (Å²) in [5, 5.41) is 12.0. The Morgan fingerprint density at radius 3 is 2.81 bits per heavy atom. The van der Waals surface area contributed by atoms with Crippen molar-refractivity contribution in [3.63, 3.8) is 0 Å². The molecule has 26 heavy (non-hydrogen) atoms. The van der Waals surface area contributed by atoms with Crippen LogP contribution in [0.1, 0.15) is 0 Å². The average molecular weight is 387 g/mol. The first kappa shape index (κ1) is 18.1. The molecule has 0 spiro atoms. The Labute approximate surface area is 159 Å². The van der Waals surface area contributed by atoms with Crippen molar-refractivity contribution in [2.75, 3.05) is 11.1 Å². The Balaban J connectivity index is 1.72. The molecule has 0 aliphatic heterocycles. The zero-order valence-electron chi connectivity index (χ0n) is 13.7. The fraction of sp³-hybridized carbons (Fsp3) is 0.118. The van der Waals surface area contributed by atoms with Gasteiger partial charge in [-0.1, -0.05) is 35.5 Å². The lowest BCUT2D eigenvalue weighted by Crippen LogP contribution is -2.15. The molecule has 0 fully saturated rings. The maximum absolute atomic E-state index is 12.2. The Bertz CT molecular complexity index is 915. The van der Waals surface area contributed by atoms with Crippen LogP contribution >= 0.6 is 23.4 Å². The van der Waals surface area contributed by atoms with E-state index in [0.717, 1.165) is 0 Å². The first-order valence-electron chi connectivity index (χ1n) is 7.67. The van der Waals surface area contributed by atoms with Crippen molar-refractivity contribution in [3.8, 4) is 11.5 Å². The number of thioether (sulfide) groups is 1. The molecular weight excluding hydrogens is 372 g/mol. The van der Waals surface area contributed by atoms with E-state index in [2.05, 4.69) is 32.1 Å². The van der Waals surface area contributed by atoms with E-state index >= 15 is 0 Å². The Morgan fingerprint density at radius 2 is 2.08 bits per heavy atom. The van der Waals surface area contributed by atoms with Gasteiger partial charge in [0.2, 0.25) is 5.91 Å². The molecule has 132 valence electrons. The van der Waals surface area contributed by atoms with Gasteiger partial charge in [0, 0.05) is 18.9 Å². The van der Waals surface area contributed by atoms with E-state index in [1.54, 1.807) is 30.6 Å². The SMILES string of the molecule is C=CCn1c(SCC(=O)Nc2cccnc2Cl)nnc1-c1ccccn1. The van der Waals surface area contributed by atoms with Crippen molar-refractivity contribution in [2.24, 2.45) is 0 Å². The summed E-state index contributed by atoms with van der Waals surface area (Å²) in [4.78, 5) is 20.4. The third-order valence-corrected chi connectivity index (χ3v) is 4.56. The molecule has 0 unspecified atom stereocenters. The summed E-state index contributed by atoms with van der Waals surface area (Å²) in [5.41, 5.74) is 1.18. The van der Waals surface area contributed by atoms with Crippen molar-refractivity contribution in [1.29, 1.82) is 0 Å². The summed E-state index contributed by atoms with van der Waals surface area (Å²) >= 11 is 7.22. The number of nitrogens with one attached hydrogen (secondary N) is 1. The van der Waals surface area contributed by atoms with E-state index in [4.69, 9.17) is 11.6 Å².